The molecule has 9 nitrogen and oxygen atoms in total. The van der Waals surface area contributed by atoms with Gasteiger partial charge in [-0.3, -0.25) is 24.6 Å². The van der Waals surface area contributed by atoms with Crippen molar-refractivity contribution in [3.63, 3.8) is 0 Å². The first-order chi connectivity index (χ1) is 15.6. The molecule has 4 aromatic rings. The molecule has 0 saturated carbocycles. The number of fused-ring (bicyclic) bond motifs is 1. The van der Waals surface area contributed by atoms with Gasteiger partial charge < -0.3 is 4.90 Å². The lowest BCUT2D eigenvalue weighted by molar-refractivity contribution is 0.0725. The highest BCUT2D eigenvalue weighted by Gasteiger charge is 2.27. The molecule has 1 aliphatic rings. The van der Waals surface area contributed by atoms with Crippen molar-refractivity contribution in [1.29, 1.82) is 0 Å². The van der Waals surface area contributed by atoms with E-state index in [0.717, 1.165) is 21.8 Å². The number of carbonyl (C=O) groups excluding carboxylic acids is 2. The van der Waals surface area contributed by atoms with Gasteiger partial charge >= 0.3 is 0 Å². The van der Waals surface area contributed by atoms with Crippen molar-refractivity contribution >= 4 is 28.3 Å². The first kappa shape index (κ1) is 20.0. The number of aromatic nitrogens is 5. The zero-order valence-corrected chi connectivity index (χ0v) is 18.0. The quantitative estimate of drug-likeness (QED) is 0.518. The highest BCUT2D eigenvalue weighted by Crippen LogP contribution is 2.29. The van der Waals surface area contributed by atoms with Gasteiger partial charge in [-0.05, 0) is 6.07 Å². The van der Waals surface area contributed by atoms with Crippen molar-refractivity contribution in [2.45, 2.75) is 13.0 Å². The zero-order chi connectivity index (χ0) is 22.1. The van der Waals surface area contributed by atoms with Crippen molar-refractivity contribution in [2.75, 3.05) is 11.9 Å². The van der Waals surface area contributed by atoms with Crippen LogP contribution in [0, 0.1) is 0 Å². The van der Waals surface area contributed by atoms with Crippen LogP contribution in [0.15, 0.2) is 55.0 Å². The summed E-state index contributed by atoms with van der Waals surface area (Å²) in [6, 6.07) is 11.6. The lowest BCUT2D eigenvalue weighted by Crippen LogP contribution is -2.36. The Kier molecular flexibility index (Phi) is 5.20. The molecule has 5 rings (SSSR count). The normalized spacial score (nSPS) is 13.0. The standard InChI is InChI=1S/C22H19N7O2S/c1-28-18(11-16(27-28)14-5-3-2-4-6-14)21(31)29-10-7-15-19(13-29)32-22(25-15)26-20(30)17-12-23-8-9-24-17/h2-6,8-9,11-12H,7,10,13H2,1H3,(H,25,26,30). The molecule has 160 valence electrons. The predicted octanol–water partition coefficient (Wildman–Crippen LogP) is 2.78. The number of aryl methyl sites for hydroxylation is 1. The largest absolute Gasteiger partial charge is 0.332 e. The van der Waals surface area contributed by atoms with Crippen LogP contribution in [0.4, 0.5) is 5.13 Å². The van der Waals surface area contributed by atoms with Crippen LogP contribution in [-0.4, -0.2) is 48.0 Å². The van der Waals surface area contributed by atoms with Crippen LogP contribution < -0.4 is 5.32 Å². The second kappa shape index (κ2) is 8.31. The van der Waals surface area contributed by atoms with Crippen LogP contribution in [-0.2, 0) is 20.0 Å². The first-order valence-corrected chi connectivity index (χ1v) is 10.8. The molecule has 0 spiro atoms. The monoisotopic (exact) mass is 445 g/mol. The van der Waals surface area contributed by atoms with Crippen LogP contribution in [0.1, 0.15) is 31.5 Å². The van der Waals surface area contributed by atoms with Crippen LogP contribution in [0.25, 0.3) is 11.3 Å². The summed E-state index contributed by atoms with van der Waals surface area (Å²) in [4.78, 5) is 40.7. The lowest BCUT2D eigenvalue weighted by atomic mass is 10.1. The van der Waals surface area contributed by atoms with Gasteiger partial charge in [-0.2, -0.15) is 5.10 Å². The lowest BCUT2D eigenvalue weighted by Gasteiger charge is -2.25. The third kappa shape index (κ3) is 3.87. The highest BCUT2D eigenvalue weighted by atomic mass is 32.1. The number of benzene rings is 1. The summed E-state index contributed by atoms with van der Waals surface area (Å²) in [5.74, 6) is -0.438. The summed E-state index contributed by atoms with van der Waals surface area (Å²) in [5.41, 5.74) is 3.40. The summed E-state index contributed by atoms with van der Waals surface area (Å²) in [6.45, 7) is 0.998. The molecule has 0 radical (unpaired) electrons. The molecular weight excluding hydrogens is 426 g/mol. The molecule has 0 bridgehead atoms. The zero-order valence-electron chi connectivity index (χ0n) is 17.2. The molecule has 0 saturated heterocycles. The second-order valence-electron chi connectivity index (χ2n) is 7.31. The highest BCUT2D eigenvalue weighted by molar-refractivity contribution is 7.15. The average molecular weight is 446 g/mol. The maximum atomic E-state index is 13.2. The van der Waals surface area contributed by atoms with Gasteiger partial charge in [0.1, 0.15) is 11.4 Å². The second-order valence-corrected chi connectivity index (χ2v) is 8.40. The van der Waals surface area contributed by atoms with Crippen molar-refractivity contribution < 1.29 is 9.59 Å². The van der Waals surface area contributed by atoms with E-state index in [0.29, 0.717) is 30.3 Å². The summed E-state index contributed by atoms with van der Waals surface area (Å²) >= 11 is 1.37. The number of thiazole rings is 1. The molecule has 3 aromatic heterocycles. The molecule has 2 amide bonds. The minimum Gasteiger partial charge on any atom is -0.332 e. The molecule has 0 atom stereocenters. The van der Waals surface area contributed by atoms with E-state index >= 15 is 0 Å². The third-order valence-electron chi connectivity index (χ3n) is 5.20. The summed E-state index contributed by atoms with van der Waals surface area (Å²) < 4.78 is 1.62. The fraction of sp³-hybridized carbons (Fsp3) is 0.182. The fourth-order valence-corrected chi connectivity index (χ4v) is 4.60. The van der Waals surface area contributed by atoms with Crippen molar-refractivity contribution in [2.24, 2.45) is 7.05 Å². The minimum absolute atomic E-state index is 0.0774. The number of nitrogens with zero attached hydrogens (tertiary/aromatic N) is 6. The third-order valence-corrected chi connectivity index (χ3v) is 6.20. The fourth-order valence-electron chi connectivity index (χ4n) is 3.58. The number of nitrogens with one attached hydrogen (secondary N) is 1. The van der Waals surface area contributed by atoms with Crippen LogP contribution in [0.3, 0.4) is 0 Å². The molecule has 10 heteroatoms. The molecule has 0 fully saturated rings. The Labute approximate surface area is 187 Å². The average Bonchev–Trinajstić information content (AvgIpc) is 3.42. The van der Waals surface area contributed by atoms with Crippen LogP contribution >= 0.6 is 11.3 Å². The SMILES string of the molecule is Cn1nc(-c2ccccc2)cc1C(=O)N1CCc2nc(NC(=O)c3cnccn3)sc2C1. The molecular formula is C22H19N7O2S. The van der Waals surface area contributed by atoms with E-state index in [2.05, 4.69) is 25.4 Å². The predicted molar refractivity (Wildman–Crippen MR) is 119 cm³/mol. The first-order valence-electron chi connectivity index (χ1n) is 10.0. The van der Waals surface area contributed by atoms with Crippen molar-refractivity contribution in [1.82, 2.24) is 29.6 Å². The number of rotatable bonds is 4. The Morgan fingerprint density at radius 1 is 1.16 bits per heavy atom. The van der Waals surface area contributed by atoms with E-state index in [1.165, 1.54) is 29.9 Å². The molecule has 1 N–H and O–H groups in total. The summed E-state index contributed by atoms with van der Waals surface area (Å²) in [7, 11) is 1.78. The van der Waals surface area contributed by atoms with E-state index in [1.807, 2.05) is 36.4 Å². The van der Waals surface area contributed by atoms with Gasteiger partial charge in [0.25, 0.3) is 11.8 Å². The smallest absolute Gasteiger partial charge is 0.277 e. The summed E-state index contributed by atoms with van der Waals surface area (Å²) in [6.07, 6.45) is 5.01. The van der Waals surface area contributed by atoms with E-state index in [4.69, 9.17) is 0 Å². The number of hydrogen-bond acceptors (Lipinski definition) is 7. The van der Waals surface area contributed by atoms with E-state index in [1.54, 1.807) is 16.6 Å². The molecule has 4 heterocycles. The summed E-state index contributed by atoms with van der Waals surface area (Å²) in [5, 5.41) is 7.77. The topological polar surface area (TPSA) is 106 Å². The number of anilines is 1. The van der Waals surface area contributed by atoms with Crippen LogP contribution in [0.2, 0.25) is 0 Å². The molecule has 32 heavy (non-hydrogen) atoms. The number of hydrogen-bond donors (Lipinski definition) is 1. The van der Waals surface area contributed by atoms with Crippen molar-refractivity contribution in [3.05, 3.63) is 76.9 Å². The molecule has 0 unspecified atom stereocenters. The molecule has 1 aromatic carbocycles. The van der Waals surface area contributed by atoms with Gasteiger partial charge in [0.2, 0.25) is 0 Å². The number of carbonyl (C=O) groups is 2. The van der Waals surface area contributed by atoms with Gasteiger partial charge in [-0.15, -0.1) is 0 Å². The van der Waals surface area contributed by atoms with Gasteiger partial charge in [-0.25, -0.2) is 9.97 Å². The Morgan fingerprint density at radius 3 is 2.78 bits per heavy atom. The Balaban J connectivity index is 1.31. The Hall–Kier alpha value is -3.92. The van der Waals surface area contributed by atoms with Gasteiger partial charge in [-0.1, -0.05) is 41.7 Å². The van der Waals surface area contributed by atoms with Crippen molar-refractivity contribution in [3.8, 4) is 11.3 Å². The molecule has 0 aliphatic carbocycles. The Morgan fingerprint density at radius 2 is 2.00 bits per heavy atom. The van der Waals surface area contributed by atoms with E-state index in [-0.39, 0.29) is 17.5 Å². The Bertz CT molecular complexity index is 1280. The van der Waals surface area contributed by atoms with Gasteiger partial charge in [0.05, 0.1) is 24.1 Å². The molecule has 1 aliphatic heterocycles. The maximum Gasteiger partial charge on any atom is 0.277 e. The number of amides is 2. The van der Waals surface area contributed by atoms with E-state index in [9.17, 15) is 9.59 Å². The van der Waals surface area contributed by atoms with Gasteiger partial charge in [0.15, 0.2) is 5.13 Å². The van der Waals surface area contributed by atoms with E-state index < -0.39 is 0 Å². The van der Waals surface area contributed by atoms with Crippen LogP contribution in [0.5, 0.6) is 0 Å². The van der Waals surface area contributed by atoms with Gasteiger partial charge in [0, 0.05) is 42.8 Å². The maximum absolute atomic E-state index is 13.2. The minimum atomic E-state index is -0.361.